The number of phenols is 2. The molecule has 60 heavy (non-hydrogen) atoms. The molecular weight excluding hydrogens is 749 g/mol. The Morgan fingerprint density at radius 3 is 1.35 bits per heavy atom. The van der Waals surface area contributed by atoms with Crippen LogP contribution in [0.3, 0.4) is 0 Å². The minimum Gasteiger partial charge on any atom is -0.507 e. The normalized spacial score (nSPS) is 11.4. The van der Waals surface area contributed by atoms with E-state index in [1.54, 1.807) is 85.2 Å². The number of hydrogen-bond acceptors (Lipinski definition) is 8. The molecule has 0 aromatic heterocycles. The molecule has 0 fully saturated rings. The lowest BCUT2D eigenvalue weighted by atomic mass is 10.1. The molecule has 0 aliphatic rings. The zero-order chi connectivity index (χ0) is 42.5. The van der Waals surface area contributed by atoms with E-state index in [4.69, 9.17) is 14.2 Å². The lowest BCUT2D eigenvalue weighted by Gasteiger charge is -2.08. The van der Waals surface area contributed by atoms with Crippen molar-refractivity contribution >= 4 is 29.8 Å². The topological polar surface area (TPSA) is 110 Å². The monoisotopic (exact) mass is 819 g/mol. The quantitative estimate of drug-likeness (QED) is 0.0226. The zero-order valence-electron chi connectivity index (χ0n) is 36.4. The first kappa shape index (κ1) is 47.6. The molecular formula is C52H70N2O6. The Hall–Kier alpha value is -5.11. The van der Waals surface area contributed by atoms with Crippen molar-refractivity contribution in [3.05, 3.63) is 102 Å². The summed E-state index contributed by atoms with van der Waals surface area (Å²) in [7, 11) is 0. The highest BCUT2D eigenvalue weighted by Crippen LogP contribution is 2.27. The van der Waals surface area contributed by atoms with Gasteiger partial charge in [-0.2, -0.15) is 0 Å². The van der Waals surface area contributed by atoms with Crippen LogP contribution in [0.4, 0.5) is 11.4 Å². The van der Waals surface area contributed by atoms with E-state index in [9.17, 15) is 15.0 Å². The summed E-state index contributed by atoms with van der Waals surface area (Å²) in [5.41, 5.74) is 2.64. The van der Waals surface area contributed by atoms with Crippen LogP contribution in [0.25, 0.3) is 0 Å². The highest BCUT2D eigenvalue weighted by molar-refractivity contribution is 5.93. The van der Waals surface area contributed by atoms with Crippen LogP contribution in [-0.2, 0) is 0 Å². The molecule has 8 nitrogen and oxygen atoms in total. The maximum absolute atomic E-state index is 13.0. The second-order valence-electron chi connectivity index (χ2n) is 15.8. The highest BCUT2D eigenvalue weighted by Gasteiger charge is 2.10. The van der Waals surface area contributed by atoms with Crippen molar-refractivity contribution in [1.82, 2.24) is 0 Å². The Morgan fingerprint density at radius 1 is 0.483 bits per heavy atom. The summed E-state index contributed by atoms with van der Waals surface area (Å²) < 4.78 is 17.4. The lowest BCUT2D eigenvalue weighted by Crippen LogP contribution is -2.08. The van der Waals surface area contributed by atoms with E-state index in [0.717, 1.165) is 25.7 Å². The van der Waals surface area contributed by atoms with Gasteiger partial charge in [0, 0.05) is 35.7 Å². The van der Waals surface area contributed by atoms with Crippen LogP contribution in [0.5, 0.6) is 28.7 Å². The fourth-order valence-electron chi connectivity index (χ4n) is 6.95. The number of phenolic OH excluding ortho intramolecular Hbond substituents is 2. The fourth-order valence-corrected chi connectivity index (χ4v) is 6.95. The zero-order valence-corrected chi connectivity index (χ0v) is 36.4. The molecule has 0 spiro atoms. The number of unbranched alkanes of at least 4 members (excludes halogenated alkanes) is 19. The van der Waals surface area contributed by atoms with Gasteiger partial charge in [0.2, 0.25) is 0 Å². The fraction of sp³-hybridized carbons (Fsp3) is 0.481. The third kappa shape index (κ3) is 19.3. The van der Waals surface area contributed by atoms with Crippen molar-refractivity contribution in [3.8, 4) is 28.7 Å². The van der Waals surface area contributed by atoms with E-state index in [1.807, 2.05) is 12.1 Å². The number of benzene rings is 4. The minimum absolute atomic E-state index is 0.0754. The maximum atomic E-state index is 13.0. The summed E-state index contributed by atoms with van der Waals surface area (Å²) in [6.07, 6.45) is 30.1. The van der Waals surface area contributed by atoms with Gasteiger partial charge >= 0.3 is 5.97 Å². The van der Waals surface area contributed by atoms with Gasteiger partial charge < -0.3 is 24.4 Å². The van der Waals surface area contributed by atoms with Gasteiger partial charge in [-0.15, -0.1) is 0 Å². The molecule has 0 atom stereocenters. The van der Waals surface area contributed by atoms with Crippen LogP contribution in [0.15, 0.2) is 94.9 Å². The van der Waals surface area contributed by atoms with E-state index in [0.29, 0.717) is 58.5 Å². The summed E-state index contributed by atoms with van der Waals surface area (Å²) >= 11 is 0. The molecule has 0 radical (unpaired) electrons. The second-order valence-corrected chi connectivity index (χ2v) is 15.8. The number of aromatic hydroxyl groups is 2. The van der Waals surface area contributed by atoms with E-state index < -0.39 is 5.97 Å². The molecule has 0 unspecified atom stereocenters. The molecule has 0 aliphatic carbocycles. The van der Waals surface area contributed by atoms with Crippen molar-refractivity contribution in [2.24, 2.45) is 9.98 Å². The Balaban J connectivity index is 1.14. The number of hydrogen-bond donors (Lipinski definition) is 2. The third-order valence-corrected chi connectivity index (χ3v) is 10.6. The van der Waals surface area contributed by atoms with Crippen molar-refractivity contribution in [1.29, 1.82) is 0 Å². The Kier molecular flexibility index (Phi) is 23.1. The minimum atomic E-state index is -0.523. The summed E-state index contributed by atoms with van der Waals surface area (Å²) in [5.74, 6) is 1.30. The van der Waals surface area contributed by atoms with Crippen molar-refractivity contribution < 1.29 is 29.2 Å². The number of aliphatic imine (C=N–C) groups is 2. The standard InChI is InChI=1S/C52H70N2O6/c1-3-5-7-9-11-13-14-15-17-19-21-23-36-58-48-31-27-43(50(55)38-48)40-53-45-29-33-47(34-30-45)60-52(57)42-25-24-26-46(37-42)54-41-44-28-32-49(39-51(44)56)59-35-22-20-18-16-12-10-8-6-4-2/h24-34,37-41,55-56H,3-23,35-36H2,1-2H3. The number of ether oxygens (including phenoxy) is 3. The van der Waals surface area contributed by atoms with Crippen LogP contribution < -0.4 is 14.2 Å². The van der Waals surface area contributed by atoms with Crippen LogP contribution in [0, 0.1) is 0 Å². The molecule has 324 valence electrons. The third-order valence-electron chi connectivity index (χ3n) is 10.6. The summed E-state index contributed by atoms with van der Waals surface area (Å²) in [5, 5.41) is 21.2. The van der Waals surface area contributed by atoms with Gasteiger partial charge in [0.05, 0.1) is 30.2 Å². The van der Waals surface area contributed by atoms with Gasteiger partial charge in [-0.3, -0.25) is 9.98 Å². The number of carbonyl (C=O) groups excluding carboxylic acids is 1. The molecule has 0 saturated heterocycles. The van der Waals surface area contributed by atoms with Crippen LogP contribution >= 0.6 is 0 Å². The number of carbonyl (C=O) groups is 1. The van der Waals surface area contributed by atoms with E-state index in [2.05, 4.69) is 23.8 Å². The number of esters is 1. The number of nitrogens with zero attached hydrogens (tertiary/aromatic N) is 2. The average Bonchev–Trinajstić information content (AvgIpc) is 3.26. The Labute approximate surface area is 360 Å². The lowest BCUT2D eigenvalue weighted by molar-refractivity contribution is 0.0734. The molecule has 0 bridgehead atoms. The highest BCUT2D eigenvalue weighted by atomic mass is 16.5. The van der Waals surface area contributed by atoms with Crippen LogP contribution in [0.1, 0.15) is 170 Å². The van der Waals surface area contributed by atoms with Crippen LogP contribution in [-0.4, -0.2) is 41.8 Å². The maximum Gasteiger partial charge on any atom is 0.343 e. The van der Waals surface area contributed by atoms with Gasteiger partial charge in [-0.1, -0.05) is 142 Å². The van der Waals surface area contributed by atoms with E-state index in [-0.39, 0.29) is 11.5 Å². The molecule has 4 rings (SSSR count). The summed E-state index contributed by atoms with van der Waals surface area (Å²) in [6, 6.07) is 24.1. The van der Waals surface area contributed by atoms with Gasteiger partial charge in [-0.05, 0) is 79.6 Å². The molecule has 4 aromatic rings. The number of rotatable bonds is 31. The molecule has 0 saturated carbocycles. The molecule has 0 aliphatic heterocycles. The predicted octanol–water partition coefficient (Wildman–Crippen LogP) is 14.8. The van der Waals surface area contributed by atoms with Gasteiger partial charge in [-0.25, -0.2) is 4.79 Å². The predicted molar refractivity (Wildman–Crippen MR) is 248 cm³/mol. The first-order valence-corrected chi connectivity index (χ1v) is 22.9. The Morgan fingerprint density at radius 2 is 0.900 bits per heavy atom. The van der Waals surface area contributed by atoms with E-state index >= 15 is 0 Å². The molecule has 0 heterocycles. The molecule has 4 aromatic carbocycles. The van der Waals surface area contributed by atoms with Crippen molar-refractivity contribution in [2.75, 3.05) is 13.2 Å². The average molecular weight is 819 g/mol. The SMILES string of the molecule is CCCCCCCCCCCCCCOc1ccc(C=Nc2ccc(OC(=O)c3cccc(N=Cc4ccc(OCCCCCCCCCCC)cc4O)c3)cc2)c(O)c1. The largest absolute Gasteiger partial charge is 0.507 e. The van der Waals surface area contributed by atoms with Gasteiger partial charge in [0.15, 0.2) is 0 Å². The Bertz CT molecular complexity index is 1850. The van der Waals surface area contributed by atoms with E-state index in [1.165, 1.54) is 109 Å². The van der Waals surface area contributed by atoms with Crippen LogP contribution in [0.2, 0.25) is 0 Å². The molecule has 2 N–H and O–H groups in total. The van der Waals surface area contributed by atoms with Crippen molar-refractivity contribution in [3.63, 3.8) is 0 Å². The molecule has 0 amide bonds. The summed E-state index contributed by atoms with van der Waals surface area (Å²) in [6.45, 7) is 5.77. The molecule has 8 heteroatoms. The first-order chi connectivity index (χ1) is 29.4. The van der Waals surface area contributed by atoms with Gasteiger partial charge in [0.25, 0.3) is 0 Å². The summed E-state index contributed by atoms with van der Waals surface area (Å²) in [4.78, 5) is 22.0. The smallest absolute Gasteiger partial charge is 0.343 e. The second kappa shape index (κ2) is 29.2. The first-order valence-electron chi connectivity index (χ1n) is 22.9. The van der Waals surface area contributed by atoms with Gasteiger partial charge in [0.1, 0.15) is 28.7 Å². The van der Waals surface area contributed by atoms with Crippen molar-refractivity contribution in [2.45, 2.75) is 149 Å².